The molecule has 7 nitrogen and oxygen atoms in total. The number of rotatable bonds is 6. The van der Waals surface area contributed by atoms with E-state index in [9.17, 15) is 18.8 Å². The Morgan fingerprint density at radius 1 is 0.932 bits per heavy atom. The van der Waals surface area contributed by atoms with E-state index in [2.05, 4.69) is 36.3 Å². The van der Waals surface area contributed by atoms with Crippen LogP contribution < -0.4 is 10.2 Å². The highest BCUT2D eigenvalue weighted by molar-refractivity contribution is 6.24. The summed E-state index contributed by atoms with van der Waals surface area (Å²) in [5.41, 5.74) is 5.62. The molecule has 2 aliphatic rings. The quantitative estimate of drug-likeness (QED) is 0.214. The molecule has 0 bridgehead atoms. The zero-order valence-corrected chi connectivity index (χ0v) is 24.4. The average Bonchev–Trinajstić information content (AvgIpc) is 3.53. The number of fused-ring (bicyclic) bond motifs is 4. The number of amides is 4. The van der Waals surface area contributed by atoms with E-state index in [4.69, 9.17) is 0 Å². The smallest absolute Gasteiger partial charge is 0.332 e. The van der Waals surface area contributed by atoms with Gasteiger partial charge in [-0.25, -0.2) is 14.1 Å². The summed E-state index contributed by atoms with van der Waals surface area (Å²) in [5.74, 6) is -0.972. The molecule has 2 N–H and O–H groups in total. The molecular formula is C36H31FN4O3. The van der Waals surface area contributed by atoms with Gasteiger partial charge in [-0.1, -0.05) is 86.6 Å². The molecule has 0 saturated carbocycles. The Morgan fingerprint density at radius 2 is 1.64 bits per heavy atom. The highest BCUT2D eigenvalue weighted by atomic mass is 19.1. The third kappa shape index (κ3) is 4.45. The Labute approximate surface area is 254 Å². The number of carbonyl (C=O) groups is 3. The van der Waals surface area contributed by atoms with Crippen LogP contribution in [0.5, 0.6) is 0 Å². The lowest BCUT2D eigenvalue weighted by Gasteiger charge is -2.36. The number of para-hydroxylation sites is 2. The van der Waals surface area contributed by atoms with Crippen molar-refractivity contribution in [1.82, 2.24) is 15.2 Å². The number of anilines is 1. The van der Waals surface area contributed by atoms with Crippen molar-refractivity contribution in [2.75, 3.05) is 4.90 Å². The molecule has 5 aromatic rings. The van der Waals surface area contributed by atoms with E-state index >= 15 is 0 Å². The van der Waals surface area contributed by atoms with E-state index in [-0.39, 0.29) is 23.7 Å². The number of aromatic nitrogens is 1. The maximum Gasteiger partial charge on any atom is 0.332 e. The van der Waals surface area contributed by atoms with Gasteiger partial charge in [0, 0.05) is 35.1 Å². The summed E-state index contributed by atoms with van der Waals surface area (Å²) in [7, 11) is 0. The van der Waals surface area contributed by atoms with Crippen molar-refractivity contribution < 1.29 is 18.8 Å². The van der Waals surface area contributed by atoms with Crippen molar-refractivity contribution in [2.24, 2.45) is 0 Å². The van der Waals surface area contributed by atoms with E-state index in [1.807, 2.05) is 36.4 Å². The molecule has 0 aliphatic carbocycles. The van der Waals surface area contributed by atoms with Gasteiger partial charge in [-0.05, 0) is 46.9 Å². The summed E-state index contributed by atoms with van der Waals surface area (Å²) in [5, 5.41) is 3.77. The average molecular weight is 587 g/mol. The number of H-pyrrole nitrogens is 1. The molecule has 1 fully saturated rings. The highest BCUT2D eigenvalue weighted by Gasteiger charge is 2.53. The second kappa shape index (κ2) is 10.8. The van der Waals surface area contributed by atoms with Gasteiger partial charge in [0.05, 0.1) is 11.3 Å². The summed E-state index contributed by atoms with van der Waals surface area (Å²) >= 11 is 0. The van der Waals surface area contributed by atoms with Gasteiger partial charge in [-0.15, -0.1) is 0 Å². The van der Waals surface area contributed by atoms with Gasteiger partial charge in [0.1, 0.15) is 17.9 Å². The van der Waals surface area contributed by atoms with Crippen LogP contribution in [-0.4, -0.2) is 33.8 Å². The van der Waals surface area contributed by atoms with Crippen molar-refractivity contribution in [2.45, 2.75) is 44.8 Å². The van der Waals surface area contributed by atoms with Crippen LogP contribution in [0.15, 0.2) is 97.1 Å². The number of hydrogen-bond acceptors (Lipinski definition) is 3. The second-order valence-electron chi connectivity index (χ2n) is 11.7. The Balaban J connectivity index is 1.28. The molecule has 220 valence electrons. The summed E-state index contributed by atoms with van der Waals surface area (Å²) in [4.78, 5) is 48.3. The molecule has 0 spiro atoms. The van der Waals surface area contributed by atoms with E-state index in [1.165, 1.54) is 11.6 Å². The Hall–Kier alpha value is -5.24. The first kappa shape index (κ1) is 27.6. The topological polar surface area (TPSA) is 85.5 Å². The molecule has 4 aromatic carbocycles. The van der Waals surface area contributed by atoms with Crippen molar-refractivity contribution >= 4 is 34.4 Å². The van der Waals surface area contributed by atoms with E-state index in [1.54, 1.807) is 47.4 Å². The monoisotopic (exact) mass is 586 g/mol. The van der Waals surface area contributed by atoms with Crippen LogP contribution in [-0.2, 0) is 17.8 Å². The Kier molecular flexibility index (Phi) is 6.77. The van der Waals surface area contributed by atoms with Crippen LogP contribution in [0.4, 0.5) is 14.9 Å². The maximum atomic E-state index is 14.4. The molecule has 0 unspecified atom stereocenters. The lowest BCUT2D eigenvalue weighted by Crippen LogP contribution is -2.44. The van der Waals surface area contributed by atoms with Gasteiger partial charge in [-0.2, -0.15) is 0 Å². The zero-order chi connectivity index (χ0) is 30.5. The molecular weight excluding hydrogens is 555 g/mol. The van der Waals surface area contributed by atoms with Crippen LogP contribution in [0.3, 0.4) is 0 Å². The maximum absolute atomic E-state index is 14.4. The van der Waals surface area contributed by atoms with Crippen molar-refractivity contribution in [3.8, 4) is 0 Å². The van der Waals surface area contributed by atoms with Gasteiger partial charge >= 0.3 is 6.03 Å². The molecule has 44 heavy (non-hydrogen) atoms. The SMILES string of the molecule is CC(C)c1ccc([C@H]2c3[nH]c4ccccc4c3C[C@H]3C(=O)N(c4ccccc4C(=O)NCc4ccccc4F)C(=O)N23)cc1. The van der Waals surface area contributed by atoms with Gasteiger partial charge in [0.25, 0.3) is 11.8 Å². The number of imide groups is 1. The minimum Gasteiger partial charge on any atom is -0.356 e. The summed E-state index contributed by atoms with van der Waals surface area (Å²) in [6, 6.07) is 27.2. The Morgan fingerprint density at radius 3 is 2.41 bits per heavy atom. The lowest BCUT2D eigenvalue weighted by molar-refractivity contribution is -0.120. The number of halogens is 1. The number of urea groups is 1. The molecule has 0 radical (unpaired) electrons. The number of benzene rings is 4. The predicted octanol–water partition coefficient (Wildman–Crippen LogP) is 6.84. The van der Waals surface area contributed by atoms with E-state index in [0.717, 1.165) is 32.6 Å². The fraction of sp³-hybridized carbons (Fsp3) is 0.194. The summed E-state index contributed by atoms with van der Waals surface area (Å²) < 4.78 is 14.2. The minimum atomic E-state index is -0.751. The fourth-order valence-electron chi connectivity index (χ4n) is 6.48. The molecule has 2 atom stereocenters. The van der Waals surface area contributed by atoms with Gasteiger partial charge in [0.15, 0.2) is 0 Å². The number of aromatic amines is 1. The third-order valence-corrected chi connectivity index (χ3v) is 8.75. The van der Waals surface area contributed by atoms with Gasteiger partial charge in [-0.3, -0.25) is 14.5 Å². The molecule has 4 amide bonds. The number of nitrogens with one attached hydrogen (secondary N) is 2. The van der Waals surface area contributed by atoms with E-state index in [0.29, 0.717) is 17.9 Å². The third-order valence-electron chi connectivity index (χ3n) is 8.75. The first-order valence-corrected chi connectivity index (χ1v) is 14.8. The lowest BCUT2D eigenvalue weighted by atomic mass is 9.88. The fourth-order valence-corrected chi connectivity index (χ4v) is 6.48. The predicted molar refractivity (Wildman–Crippen MR) is 167 cm³/mol. The van der Waals surface area contributed by atoms with Crippen LogP contribution in [0, 0.1) is 5.82 Å². The van der Waals surface area contributed by atoms with E-state index < -0.39 is 29.8 Å². The summed E-state index contributed by atoms with van der Waals surface area (Å²) in [6.07, 6.45) is 0.350. The van der Waals surface area contributed by atoms with Crippen molar-refractivity contribution in [3.63, 3.8) is 0 Å². The van der Waals surface area contributed by atoms with Crippen LogP contribution in [0.2, 0.25) is 0 Å². The normalized spacial score (nSPS) is 17.7. The minimum absolute atomic E-state index is 0.0351. The molecule has 2 aliphatic heterocycles. The highest BCUT2D eigenvalue weighted by Crippen LogP contribution is 2.45. The zero-order valence-electron chi connectivity index (χ0n) is 24.4. The first-order chi connectivity index (χ1) is 21.3. The number of nitrogens with zero attached hydrogens (tertiary/aromatic N) is 2. The molecule has 7 rings (SSSR count). The van der Waals surface area contributed by atoms with Crippen LogP contribution >= 0.6 is 0 Å². The Bertz CT molecular complexity index is 1930. The standard InChI is InChI=1S/C36H31FN4O3/c1-21(2)22-15-17-23(18-16-22)33-32-27(25-10-4-7-13-29(25)39-32)19-31-35(43)41(36(44)40(31)33)30-14-8-5-11-26(30)34(42)38-20-24-9-3-6-12-28(24)37/h3-18,21,31,33,39H,19-20H2,1-2H3,(H,38,42)/t31-,33-/m0/s1. The first-order valence-electron chi connectivity index (χ1n) is 14.8. The molecule has 1 saturated heterocycles. The molecule has 1 aromatic heterocycles. The van der Waals surface area contributed by atoms with Crippen LogP contribution in [0.25, 0.3) is 10.9 Å². The van der Waals surface area contributed by atoms with Gasteiger partial charge < -0.3 is 10.3 Å². The van der Waals surface area contributed by atoms with Crippen LogP contribution in [0.1, 0.15) is 64.1 Å². The van der Waals surface area contributed by atoms with Gasteiger partial charge in [0.2, 0.25) is 0 Å². The summed E-state index contributed by atoms with van der Waals surface area (Å²) in [6.45, 7) is 4.23. The second-order valence-corrected chi connectivity index (χ2v) is 11.7. The largest absolute Gasteiger partial charge is 0.356 e. The van der Waals surface area contributed by atoms with Crippen molar-refractivity contribution in [3.05, 3.63) is 136 Å². The molecule has 8 heteroatoms. The number of carbonyl (C=O) groups excluding carboxylic acids is 3. The van der Waals surface area contributed by atoms with Crippen molar-refractivity contribution in [1.29, 1.82) is 0 Å². The molecule has 3 heterocycles. The number of hydrogen-bond donors (Lipinski definition) is 2.